The number of amides is 2. The molecule has 1 aliphatic heterocycles. The molecule has 0 saturated heterocycles. The van der Waals surface area contributed by atoms with Gasteiger partial charge in [-0.2, -0.15) is 0 Å². The zero-order chi connectivity index (χ0) is 17.8. The largest absolute Gasteiger partial charge is 0.484 e. The molecule has 0 bridgehead atoms. The molecule has 2 N–H and O–H groups in total. The van der Waals surface area contributed by atoms with Crippen molar-refractivity contribution in [3.8, 4) is 11.5 Å². The van der Waals surface area contributed by atoms with E-state index in [4.69, 9.17) is 9.47 Å². The highest BCUT2D eigenvalue weighted by Gasteiger charge is 2.28. The Morgan fingerprint density at radius 1 is 1.12 bits per heavy atom. The molecular formula is C19H20N2O4. The molecule has 0 spiro atoms. The third-order valence-corrected chi connectivity index (χ3v) is 3.83. The molecule has 6 heteroatoms. The zero-order valence-corrected chi connectivity index (χ0v) is 14.2. The summed E-state index contributed by atoms with van der Waals surface area (Å²) in [6, 6.07) is 13.2. The Kier molecular flexibility index (Phi) is 4.88. The van der Waals surface area contributed by atoms with Gasteiger partial charge in [-0.1, -0.05) is 24.3 Å². The van der Waals surface area contributed by atoms with Gasteiger partial charge in [0, 0.05) is 6.42 Å². The number of carbonyl (C=O) groups excluding carboxylic acids is 2. The SMILES string of the molecule is Cc1cc(C)cc(OCC(=O)NNC(=O)[C@@H]2Cc3ccccc3O2)c1. The monoisotopic (exact) mass is 340 g/mol. The van der Waals surface area contributed by atoms with E-state index in [-0.39, 0.29) is 6.61 Å². The fourth-order valence-corrected chi connectivity index (χ4v) is 2.74. The number of para-hydroxylation sites is 1. The quantitative estimate of drug-likeness (QED) is 0.833. The minimum absolute atomic E-state index is 0.186. The van der Waals surface area contributed by atoms with Crippen molar-refractivity contribution in [3.63, 3.8) is 0 Å². The van der Waals surface area contributed by atoms with Crippen LogP contribution >= 0.6 is 0 Å². The average Bonchev–Trinajstić information content (AvgIpc) is 3.01. The summed E-state index contributed by atoms with van der Waals surface area (Å²) in [5, 5.41) is 0. The summed E-state index contributed by atoms with van der Waals surface area (Å²) >= 11 is 0. The molecule has 2 aromatic rings. The summed E-state index contributed by atoms with van der Waals surface area (Å²) in [7, 11) is 0. The first kappa shape index (κ1) is 16.8. The first-order valence-corrected chi connectivity index (χ1v) is 8.05. The molecule has 0 radical (unpaired) electrons. The van der Waals surface area contributed by atoms with Gasteiger partial charge in [0.05, 0.1) is 0 Å². The van der Waals surface area contributed by atoms with Gasteiger partial charge in [-0.15, -0.1) is 0 Å². The minimum atomic E-state index is -0.641. The highest BCUT2D eigenvalue weighted by atomic mass is 16.5. The fraction of sp³-hybridized carbons (Fsp3) is 0.263. The zero-order valence-electron chi connectivity index (χ0n) is 14.2. The van der Waals surface area contributed by atoms with Crippen molar-refractivity contribution in [3.05, 3.63) is 59.2 Å². The van der Waals surface area contributed by atoms with Crippen molar-refractivity contribution in [2.24, 2.45) is 0 Å². The van der Waals surface area contributed by atoms with Gasteiger partial charge < -0.3 is 9.47 Å². The molecule has 6 nitrogen and oxygen atoms in total. The first-order chi connectivity index (χ1) is 12.0. The number of carbonyl (C=O) groups is 2. The van der Waals surface area contributed by atoms with Crippen LogP contribution in [-0.2, 0) is 16.0 Å². The van der Waals surface area contributed by atoms with Crippen molar-refractivity contribution >= 4 is 11.8 Å². The van der Waals surface area contributed by atoms with Gasteiger partial charge in [-0.05, 0) is 48.7 Å². The van der Waals surface area contributed by atoms with E-state index in [1.54, 1.807) is 0 Å². The number of fused-ring (bicyclic) bond motifs is 1. The molecule has 0 aliphatic carbocycles. The van der Waals surface area contributed by atoms with Crippen LogP contribution in [0.1, 0.15) is 16.7 Å². The number of hydrogen-bond acceptors (Lipinski definition) is 4. The topological polar surface area (TPSA) is 76.7 Å². The van der Waals surface area contributed by atoms with Crippen LogP contribution in [-0.4, -0.2) is 24.5 Å². The van der Waals surface area contributed by atoms with Gasteiger partial charge in [0.15, 0.2) is 12.7 Å². The van der Waals surface area contributed by atoms with Gasteiger partial charge in [0.25, 0.3) is 11.8 Å². The molecule has 0 aromatic heterocycles. The van der Waals surface area contributed by atoms with E-state index < -0.39 is 17.9 Å². The minimum Gasteiger partial charge on any atom is -0.484 e. The Morgan fingerprint density at radius 2 is 1.84 bits per heavy atom. The molecule has 0 fully saturated rings. The van der Waals surface area contributed by atoms with Gasteiger partial charge in [-0.3, -0.25) is 20.4 Å². The van der Waals surface area contributed by atoms with E-state index >= 15 is 0 Å². The highest BCUT2D eigenvalue weighted by molar-refractivity contribution is 5.86. The van der Waals surface area contributed by atoms with Gasteiger partial charge in [-0.25, -0.2) is 0 Å². The highest BCUT2D eigenvalue weighted by Crippen LogP contribution is 2.27. The molecule has 130 valence electrons. The molecule has 2 aromatic carbocycles. The second kappa shape index (κ2) is 7.25. The number of hydrogen-bond donors (Lipinski definition) is 2. The van der Waals surface area contributed by atoms with Crippen LogP contribution in [0.5, 0.6) is 11.5 Å². The van der Waals surface area contributed by atoms with Crippen molar-refractivity contribution in [1.82, 2.24) is 10.9 Å². The molecule has 25 heavy (non-hydrogen) atoms. The predicted molar refractivity (Wildman–Crippen MR) is 92.3 cm³/mol. The Hall–Kier alpha value is -3.02. The molecule has 0 saturated carbocycles. The van der Waals surface area contributed by atoms with Crippen LogP contribution in [0, 0.1) is 13.8 Å². The number of aryl methyl sites for hydroxylation is 2. The lowest BCUT2D eigenvalue weighted by Gasteiger charge is -2.13. The molecule has 2 amide bonds. The standard InChI is InChI=1S/C19H20N2O4/c1-12-7-13(2)9-15(8-12)24-11-18(22)20-21-19(23)17-10-14-5-3-4-6-16(14)25-17/h3-9,17H,10-11H2,1-2H3,(H,20,22)(H,21,23)/t17-/m0/s1. The molecular weight excluding hydrogens is 320 g/mol. The van der Waals surface area contributed by atoms with Crippen molar-refractivity contribution in [2.45, 2.75) is 26.4 Å². The van der Waals surface area contributed by atoms with E-state index in [2.05, 4.69) is 10.9 Å². The van der Waals surface area contributed by atoms with Crippen LogP contribution in [0.15, 0.2) is 42.5 Å². The normalized spacial score (nSPS) is 15.0. The van der Waals surface area contributed by atoms with Crippen LogP contribution in [0.4, 0.5) is 0 Å². The Bertz CT molecular complexity index is 759. The first-order valence-electron chi connectivity index (χ1n) is 8.05. The maximum Gasteiger partial charge on any atom is 0.279 e. The third kappa shape index (κ3) is 4.29. The summed E-state index contributed by atoms with van der Waals surface area (Å²) in [6.07, 6.45) is -0.158. The number of rotatable bonds is 4. The van der Waals surface area contributed by atoms with E-state index in [1.165, 1.54) is 0 Å². The van der Waals surface area contributed by atoms with Crippen molar-refractivity contribution < 1.29 is 19.1 Å². The van der Waals surface area contributed by atoms with Crippen LogP contribution in [0.25, 0.3) is 0 Å². The van der Waals surface area contributed by atoms with E-state index in [0.717, 1.165) is 16.7 Å². The molecule has 1 atom stereocenters. The third-order valence-electron chi connectivity index (χ3n) is 3.83. The van der Waals surface area contributed by atoms with Gasteiger partial charge in [0.1, 0.15) is 11.5 Å². The van der Waals surface area contributed by atoms with E-state index in [0.29, 0.717) is 17.9 Å². The smallest absolute Gasteiger partial charge is 0.279 e. The summed E-state index contributed by atoms with van der Waals surface area (Å²) in [6.45, 7) is 3.73. The van der Waals surface area contributed by atoms with Gasteiger partial charge in [0.2, 0.25) is 0 Å². The van der Waals surface area contributed by atoms with Crippen molar-refractivity contribution in [2.75, 3.05) is 6.61 Å². The van der Waals surface area contributed by atoms with E-state index in [1.807, 2.05) is 56.3 Å². The number of nitrogens with one attached hydrogen (secondary N) is 2. The maximum atomic E-state index is 12.1. The van der Waals surface area contributed by atoms with Gasteiger partial charge >= 0.3 is 0 Å². The van der Waals surface area contributed by atoms with Crippen molar-refractivity contribution in [1.29, 1.82) is 0 Å². The second-order valence-corrected chi connectivity index (χ2v) is 6.07. The van der Waals surface area contributed by atoms with Crippen LogP contribution in [0.2, 0.25) is 0 Å². The van der Waals surface area contributed by atoms with Crippen LogP contribution in [0.3, 0.4) is 0 Å². The second-order valence-electron chi connectivity index (χ2n) is 6.07. The summed E-state index contributed by atoms with van der Waals surface area (Å²) in [5.41, 5.74) is 7.81. The maximum absolute atomic E-state index is 12.1. The average molecular weight is 340 g/mol. The van der Waals surface area contributed by atoms with Crippen LogP contribution < -0.4 is 20.3 Å². The molecule has 1 aliphatic rings. The van der Waals surface area contributed by atoms with E-state index in [9.17, 15) is 9.59 Å². The Morgan fingerprint density at radius 3 is 2.56 bits per heavy atom. The molecule has 0 unspecified atom stereocenters. The summed E-state index contributed by atoms with van der Waals surface area (Å²) in [5.74, 6) is 0.486. The number of ether oxygens (including phenoxy) is 2. The molecule has 1 heterocycles. The lowest BCUT2D eigenvalue weighted by atomic mass is 10.1. The Balaban J connectivity index is 1.44. The lowest BCUT2D eigenvalue weighted by Crippen LogP contribution is -2.49. The number of benzene rings is 2. The fourth-order valence-electron chi connectivity index (χ4n) is 2.74. The lowest BCUT2D eigenvalue weighted by molar-refractivity contribution is -0.133. The summed E-state index contributed by atoms with van der Waals surface area (Å²) in [4.78, 5) is 23.9. The predicted octanol–water partition coefficient (Wildman–Crippen LogP) is 1.83. The Labute approximate surface area is 146 Å². The number of hydrazine groups is 1. The summed E-state index contributed by atoms with van der Waals surface area (Å²) < 4.78 is 11.0. The molecule has 3 rings (SSSR count).